The van der Waals surface area contributed by atoms with E-state index in [1.165, 1.54) is 17.7 Å². The van der Waals surface area contributed by atoms with Gasteiger partial charge in [-0.1, -0.05) is 49.4 Å². The number of carbonyl (C=O) groups excluding carboxylic acids is 1. The first-order valence-corrected chi connectivity index (χ1v) is 10.3. The Bertz CT molecular complexity index is 1000. The zero-order chi connectivity index (χ0) is 20.7. The lowest BCUT2D eigenvalue weighted by atomic mass is 9.96. The maximum atomic E-state index is 13.3. The van der Waals surface area contributed by atoms with Crippen molar-refractivity contribution < 1.29 is 9.18 Å². The molecule has 3 atom stereocenters. The number of likely N-dealkylation sites (tertiary alicyclic amines) is 1. The number of halogens is 1. The molecule has 1 amide bonds. The summed E-state index contributed by atoms with van der Waals surface area (Å²) in [5.41, 5.74) is 2.61. The quantitative estimate of drug-likeness (QED) is 0.821. The van der Waals surface area contributed by atoms with Crippen LogP contribution in [-0.4, -0.2) is 34.7 Å². The lowest BCUT2D eigenvalue weighted by molar-refractivity contribution is -0.118. The summed E-state index contributed by atoms with van der Waals surface area (Å²) in [6, 6.07) is 16.7. The number of hydrogen-bond donors (Lipinski definition) is 2. The number of rotatable bonds is 4. The van der Waals surface area contributed by atoms with E-state index >= 15 is 0 Å². The fraction of sp³-hybridized carbons (Fsp3) is 0.304. The highest BCUT2D eigenvalue weighted by Crippen LogP contribution is 2.32. The number of fused-ring (bicyclic) bond motifs is 1. The summed E-state index contributed by atoms with van der Waals surface area (Å²) in [5, 5.41) is 12.7. The van der Waals surface area contributed by atoms with E-state index in [4.69, 9.17) is 5.10 Å². The minimum absolute atomic E-state index is 0.147. The SMILES string of the molecule is CC1CN(Cc2ccccc2)CC1C1=NN2C(=CNC2c2ccc(F)cc2)C(=O)N1. The Morgan fingerprint density at radius 2 is 1.87 bits per heavy atom. The van der Waals surface area contributed by atoms with Crippen LogP contribution >= 0.6 is 0 Å². The number of nitrogens with zero attached hydrogens (tertiary/aromatic N) is 3. The van der Waals surface area contributed by atoms with E-state index in [-0.39, 0.29) is 23.8 Å². The molecule has 6 nitrogen and oxygen atoms in total. The Hall–Kier alpha value is -3.19. The van der Waals surface area contributed by atoms with Gasteiger partial charge in [0, 0.05) is 31.8 Å². The second-order valence-electron chi connectivity index (χ2n) is 8.20. The molecule has 1 saturated heterocycles. The summed E-state index contributed by atoms with van der Waals surface area (Å²) in [7, 11) is 0. The predicted octanol–water partition coefficient (Wildman–Crippen LogP) is 2.78. The maximum Gasteiger partial charge on any atom is 0.276 e. The number of hydrogen-bond acceptors (Lipinski definition) is 5. The van der Waals surface area contributed by atoms with Crippen LogP contribution in [0.2, 0.25) is 0 Å². The molecule has 2 aromatic carbocycles. The molecule has 3 heterocycles. The molecule has 3 aliphatic rings. The minimum atomic E-state index is -0.321. The molecule has 0 aliphatic carbocycles. The van der Waals surface area contributed by atoms with E-state index in [0.29, 0.717) is 17.5 Å². The van der Waals surface area contributed by atoms with Gasteiger partial charge in [0.05, 0.1) is 0 Å². The normalized spacial score (nSPS) is 26.0. The van der Waals surface area contributed by atoms with Crippen LogP contribution in [0.5, 0.6) is 0 Å². The van der Waals surface area contributed by atoms with Gasteiger partial charge in [-0.05, 0) is 29.2 Å². The molecule has 2 N–H and O–H groups in total. The first kappa shape index (κ1) is 18.8. The van der Waals surface area contributed by atoms with Gasteiger partial charge in [-0.25, -0.2) is 9.40 Å². The highest BCUT2D eigenvalue weighted by Gasteiger charge is 2.40. The van der Waals surface area contributed by atoms with Gasteiger partial charge in [-0.2, -0.15) is 5.10 Å². The summed E-state index contributed by atoms with van der Waals surface area (Å²) in [6.45, 7) is 4.89. The molecule has 0 saturated carbocycles. The van der Waals surface area contributed by atoms with Gasteiger partial charge >= 0.3 is 0 Å². The van der Waals surface area contributed by atoms with Crippen molar-refractivity contribution in [1.29, 1.82) is 0 Å². The number of amides is 1. The maximum absolute atomic E-state index is 13.3. The van der Waals surface area contributed by atoms with Crippen molar-refractivity contribution in [1.82, 2.24) is 20.5 Å². The molecule has 5 rings (SSSR count). The number of benzene rings is 2. The molecule has 2 aromatic rings. The molecule has 0 aromatic heterocycles. The molecule has 154 valence electrons. The third kappa shape index (κ3) is 3.45. The Labute approximate surface area is 175 Å². The first-order chi connectivity index (χ1) is 14.6. The first-order valence-electron chi connectivity index (χ1n) is 10.3. The second kappa shape index (κ2) is 7.57. The molecule has 0 bridgehead atoms. The van der Waals surface area contributed by atoms with E-state index in [0.717, 1.165) is 25.2 Å². The van der Waals surface area contributed by atoms with Crippen molar-refractivity contribution in [3.8, 4) is 0 Å². The molecular weight excluding hydrogens is 381 g/mol. The van der Waals surface area contributed by atoms with Crippen molar-refractivity contribution in [2.24, 2.45) is 16.9 Å². The van der Waals surface area contributed by atoms with Crippen LogP contribution in [-0.2, 0) is 11.3 Å². The Balaban J connectivity index is 1.36. The predicted molar refractivity (Wildman–Crippen MR) is 112 cm³/mol. The van der Waals surface area contributed by atoms with Crippen molar-refractivity contribution in [2.45, 2.75) is 19.6 Å². The summed E-state index contributed by atoms with van der Waals surface area (Å²) in [4.78, 5) is 15.1. The molecule has 7 heteroatoms. The molecule has 3 aliphatic heterocycles. The van der Waals surface area contributed by atoms with Crippen LogP contribution in [0, 0.1) is 17.7 Å². The van der Waals surface area contributed by atoms with Crippen molar-refractivity contribution in [2.75, 3.05) is 13.1 Å². The monoisotopic (exact) mass is 405 g/mol. The van der Waals surface area contributed by atoms with Gasteiger partial charge in [-0.15, -0.1) is 0 Å². The number of amidine groups is 1. The summed E-state index contributed by atoms with van der Waals surface area (Å²) in [6.07, 6.45) is 1.35. The van der Waals surface area contributed by atoms with Gasteiger partial charge < -0.3 is 10.6 Å². The van der Waals surface area contributed by atoms with Crippen molar-refractivity contribution in [3.63, 3.8) is 0 Å². The van der Waals surface area contributed by atoms with Gasteiger partial charge in [0.25, 0.3) is 5.91 Å². The Morgan fingerprint density at radius 3 is 2.63 bits per heavy atom. The van der Waals surface area contributed by atoms with Gasteiger partial charge in [0.15, 0.2) is 0 Å². The van der Waals surface area contributed by atoms with Crippen LogP contribution in [0.15, 0.2) is 71.6 Å². The number of hydrazone groups is 1. The van der Waals surface area contributed by atoms with E-state index in [1.807, 2.05) is 6.07 Å². The van der Waals surface area contributed by atoms with E-state index < -0.39 is 0 Å². The van der Waals surface area contributed by atoms with Crippen LogP contribution in [0.1, 0.15) is 24.2 Å². The zero-order valence-electron chi connectivity index (χ0n) is 16.8. The minimum Gasteiger partial charge on any atom is -0.364 e. The van der Waals surface area contributed by atoms with Crippen molar-refractivity contribution >= 4 is 11.7 Å². The third-order valence-electron chi connectivity index (χ3n) is 6.03. The van der Waals surface area contributed by atoms with Crippen LogP contribution in [0.3, 0.4) is 0 Å². The average molecular weight is 405 g/mol. The lowest BCUT2D eigenvalue weighted by Crippen LogP contribution is -2.47. The number of nitrogens with one attached hydrogen (secondary N) is 2. The zero-order valence-corrected chi connectivity index (χ0v) is 16.8. The average Bonchev–Trinajstić information content (AvgIpc) is 3.33. The van der Waals surface area contributed by atoms with E-state index in [9.17, 15) is 9.18 Å². The smallest absolute Gasteiger partial charge is 0.276 e. The second-order valence-corrected chi connectivity index (χ2v) is 8.20. The molecule has 3 unspecified atom stereocenters. The lowest BCUT2D eigenvalue weighted by Gasteiger charge is -2.31. The van der Waals surface area contributed by atoms with E-state index in [2.05, 4.69) is 46.7 Å². The molecule has 0 spiro atoms. The summed E-state index contributed by atoms with van der Waals surface area (Å²) in [5.74, 6) is 0.775. The van der Waals surface area contributed by atoms with Crippen LogP contribution < -0.4 is 10.6 Å². The number of carbonyl (C=O) groups is 1. The molecule has 0 radical (unpaired) electrons. The topological polar surface area (TPSA) is 60.0 Å². The van der Waals surface area contributed by atoms with E-state index in [1.54, 1.807) is 23.3 Å². The largest absolute Gasteiger partial charge is 0.364 e. The standard InChI is InChI=1S/C23H24FN5O/c1-15-12-28(13-16-5-3-2-4-6-16)14-19(15)21-26-23(30)20-11-25-22(29(20)27-21)17-7-9-18(24)10-8-17/h2-11,15,19,22,25H,12-14H2,1H3,(H,26,27,30). The third-order valence-corrected chi connectivity index (χ3v) is 6.03. The van der Waals surface area contributed by atoms with Crippen LogP contribution in [0.25, 0.3) is 0 Å². The fourth-order valence-corrected chi connectivity index (χ4v) is 4.48. The van der Waals surface area contributed by atoms with Gasteiger partial charge in [0.2, 0.25) is 0 Å². The summed E-state index contributed by atoms with van der Waals surface area (Å²) < 4.78 is 13.3. The Morgan fingerprint density at radius 1 is 1.10 bits per heavy atom. The van der Waals surface area contributed by atoms with Gasteiger partial charge in [-0.3, -0.25) is 9.69 Å². The molecule has 30 heavy (non-hydrogen) atoms. The fourth-order valence-electron chi connectivity index (χ4n) is 4.48. The highest BCUT2D eigenvalue weighted by molar-refractivity contribution is 6.08. The Kier molecular flexibility index (Phi) is 4.75. The summed E-state index contributed by atoms with van der Waals surface area (Å²) >= 11 is 0. The van der Waals surface area contributed by atoms with Crippen LogP contribution in [0.4, 0.5) is 4.39 Å². The highest BCUT2D eigenvalue weighted by atomic mass is 19.1. The van der Waals surface area contributed by atoms with Crippen molar-refractivity contribution in [3.05, 3.63) is 83.4 Å². The molecule has 1 fully saturated rings. The molecular formula is C23H24FN5O. The van der Waals surface area contributed by atoms with Gasteiger partial charge in [0.1, 0.15) is 23.5 Å².